The Morgan fingerprint density at radius 3 is 2.55 bits per heavy atom. The first kappa shape index (κ1) is 14.3. The number of nitrogens with zero attached hydrogens (tertiary/aromatic N) is 1. The van der Waals surface area contributed by atoms with E-state index in [0.717, 1.165) is 6.07 Å². The van der Waals surface area contributed by atoms with Crippen LogP contribution in [0.2, 0.25) is 0 Å². The van der Waals surface area contributed by atoms with Gasteiger partial charge in [0, 0.05) is 18.0 Å². The lowest BCUT2D eigenvalue weighted by Crippen LogP contribution is -2.08. The molecule has 106 valence electrons. The molecule has 2 rings (SSSR count). The highest BCUT2D eigenvalue weighted by Gasteiger charge is 2.34. The molecular formula is C14H12F3NO2. The van der Waals surface area contributed by atoms with Crippen LogP contribution in [0.4, 0.5) is 13.2 Å². The molecule has 0 radical (unpaired) electrons. The van der Waals surface area contributed by atoms with Gasteiger partial charge in [-0.15, -0.1) is 0 Å². The lowest BCUT2D eigenvalue weighted by molar-refractivity contribution is -0.137. The van der Waals surface area contributed by atoms with Gasteiger partial charge in [-0.25, -0.2) is 0 Å². The molecule has 0 saturated heterocycles. The molecule has 0 saturated carbocycles. The van der Waals surface area contributed by atoms with Crippen molar-refractivity contribution < 1.29 is 23.0 Å². The molecule has 0 aliphatic rings. The molecule has 1 aromatic heterocycles. The number of aliphatic hydroxyl groups is 1. The van der Waals surface area contributed by atoms with Crippen LogP contribution in [0.1, 0.15) is 11.1 Å². The number of aliphatic hydroxyl groups excluding tert-OH is 1. The molecule has 20 heavy (non-hydrogen) atoms. The fourth-order valence-electron chi connectivity index (χ4n) is 1.92. The van der Waals surface area contributed by atoms with E-state index in [1.54, 1.807) is 0 Å². The number of aromatic nitrogens is 1. The number of ether oxygens (including phenoxy) is 1. The number of hydrogen-bond acceptors (Lipinski definition) is 3. The van der Waals surface area contributed by atoms with Crippen molar-refractivity contribution in [2.24, 2.45) is 0 Å². The third-order valence-electron chi connectivity index (χ3n) is 2.90. The predicted octanol–water partition coefficient (Wildman–Crippen LogP) is 3.27. The SMILES string of the molecule is COc1ccc(-c2cnccc2CO)c(C(F)(F)F)c1. The van der Waals surface area contributed by atoms with E-state index < -0.39 is 11.7 Å². The van der Waals surface area contributed by atoms with E-state index in [9.17, 15) is 18.3 Å². The lowest BCUT2D eigenvalue weighted by Gasteiger charge is -2.16. The zero-order valence-electron chi connectivity index (χ0n) is 10.6. The molecule has 0 aliphatic carbocycles. The molecule has 0 bridgehead atoms. The molecule has 0 amide bonds. The summed E-state index contributed by atoms with van der Waals surface area (Å²) in [5, 5.41) is 9.24. The van der Waals surface area contributed by atoms with Crippen LogP contribution in [0, 0.1) is 0 Å². The lowest BCUT2D eigenvalue weighted by atomic mass is 9.97. The second-order valence-corrected chi connectivity index (χ2v) is 4.10. The molecule has 0 atom stereocenters. The molecule has 3 nitrogen and oxygen atoms in total. The van der Waals surface area contributed by atoms with Crippen molar-refractivity contribution in [3.05, 3.63) is 47.8 Å². The van der Waals surface area contributed by atoms with E-state index in [4.69, 9.17) is 4.74 Å². The average Bonchev–Trinajstić information content (AvgIpc) is 2.45. The molecule has 1 heterocycles. The van der Waals surface area contributed by atoms with Crippen LogP contribution in [-0.4, -0.2) is 17.2 Å². The van der Waals surface area contributed by atoms with Gasteiger partial charge in [-0.1, -0.05) is 6.07 Å². The molecule has 0 fully saturated rings. The highest BCUT2D eigenvalue weighted by atomic mass is 19.4. The van der Waals surface area contributed by atoms with Gasteiger partial charge in [-0.3, -0.25) is 4.98 Å². The summed E-state index contributed by atoms with van der Waals surface area (Å²) in [6, 6.07) is 5.18. The van der Waals surface area contributed by atoms with Crippen molar-refractivity contribution in [1.82, 2.24) is 4.98 Å². The topological polar surface area (TPSA) is 42.4 Å². The first-order valence-corrected chi connectivity index (χ1v) is 5.76. The number of halogens is 3. The van der Waals surface area contributed by atoms with Gasteiger partial charge in [0.1, 0.15) is 5.75 Å². The van der Waals surface area contributed by atoms with Crippen LogP contribution in [0.5, 0.6) is 5.75 Å². The van der Waals surface area contributed by atoms with Crippen molar-refractivity contribution in [2.45, 2.75) is 12.8 Å². The normalized spacial score (nSPS) is 11.4. The third-order valence-corrected chi connectivity index (χ3v) is 2.90. The summed E-state index contributed by atoms with van der Waals surface area (Å²) in [7, 11) is 1.30. The number of hydrogen-bond donors (Lipinski definition) is 1. The summed E-state index contributed by atoms with van der Waals surface area (Å²) in [4.78, 5) is 3.83. The zero-order valence-corrected chi connectivity index (χ0v) is 10.6. The van der Waals surface area contributed by atoms with Gasteiger partial charge in [0.2, 0.25) is 0 Å². The van der Waals surface area contributed by atoms with Crippen molar-refractivity contribution in [2.75, 3.05) is 7.11 Å². The Morgan fingerprint density at radius 2 is 1.95 bits per heavy atom. The average molecular weight is 283 g/mol. The van der Waals surface area contributed by atoms with Crippen LogP contribution in [0.25, 0.3) is 11.1 Å². The Kier molecular flexibility index (Phi) is 3.94. The van der Waals surface area contributed by atoms with Gasteiger partial charge in [-0.2, -0.15) is 13.2 Å². The summed E-state index contributed by atoms with van der Waals surface area (Å²) < 4.78 is 44.3. The van der Waals surface area contributed by atoms with Crippen molar-refractivity contribution in [3.8, 4) is 16.9 Å². The molecule has 2 aromatic rings. The minimum Gasteiger partial charge on any atom is -0.497 e. The maximum atomic E-state index is 13.1. The molecular weight excluding hydrogens is 271 g/mol. The second kappa shape index (κ2) is 5.50. The fourth-order valence-corrected chi connectivity index (χ4v) is 1.92. The van der Waals surface area contributed by atoms with Gasteiger partial charge in [-0.05, 0) is 29.3 Å². The van der Waals surface area contributed by atoms with Gasteiger partial charge in [0.15, 0.2) is 0 Å². The van der Waals surface area contributed by atoms with Crippen LogP contribution in [-0.2, 0) is 12.8 Å². The summed E-state index contributed by atoms with van der Waals surface area (Å²) in [5.74, 6) is 0.121. The number of alkyl halides is 3. The third kappa shape index (κ3) is 2.75. The van der Waals surface area contributed by atoms with E-state index in [1.165, 1.54) is 37.7 Å². The van der Waals surface area contributed by atoms with Crippen molar-refractivity contribution in [1.29, 1.82) is 0 Å². The zero-order chi connectivity index (χ0) is 14.8. The molecule has 0 aliphatic heterocycles. The van der Waals surface area contributed by atoms with E-state index in [1.807, 2.05) is 0 Å². The predicted molar refractivity (Wildman–Crippen MR) is 67.1 cm³/mol. The summed E-state index contributed by atoms with van der Waals surface area (Å²) >= 11 is 0. The quantitative estimate of drug-likeness (QED) is 0.940. The largest absolute Gasteiger partial charge is 0.497 e. The van der Waals surface area contributed by atoms with Crippen LogP contribution < -0.4 is 4.74 Å². The van der Waals surface area contributed by atoms with E-state index in [-0.39, 0.29) is 23.5 Å². The fraction of sp³-hybridized carbons (Fsp3) is 0.214. The Balaban J connectivity index is 2.67. The Hall–Kier alpha value is -2.08. The molecule has 6 heteroatoms. The van der Waals surface area contributed by atoms with Crippen LogP contribution in [0.15, 0.2) is 36.7 Å². The number of methoxy groups -OCH3 is 1. The Bertz CT molecular complexity index is 612. The van der Waals surface area contributed by atoms with Gasteiger partial charge < -0.3 is 9.84 Å². The minimum absolute atomic E-state index is 0.0320. The van der Waals surface area contributed by atoms with E-state index in [0.29, 0.717) is 5.56 Å². The first-order chi connectivity index (χ1) is 9.47. The van der Waals surface area contributed by atoms with Gasteiger partial charge in [0.05, 0.1) is 19.3 Å². The van der Waals surface area contributed by atoms with E-state index >= 15 is 0 Å². The summed E-state index contributed by atoms with van der Waals surface area (Å²) in [6.45, 7) is -0.360. The van der Waals surface area contributed by atoms with E-state index in [2.05, 4.69) is 4.98 Å². The smallest absolute Gasteiger partial charge is 0.417 e. The standard InChI is InChI=1S/C14H12F3NO2/c1-20-10-2-3-11(13(6-10)14(15,16)17)12-7-18-5-4-9(12)8-19/h2-7,19H,8H2,1H3. The maximum absolute atomic E-state index is 13.1. The Labute approximate surface area is 113 Å². The number of pyridine rings is 1. The summed E-state index contributed by atoms with van der Waals surface area (Å²) in [6.07, 6.45) is -1.79. The van der Waals surface area contributed by atoms with Crippen LogP contribution >= 0.6 is 0 Å². The number of rotatable bonds is 3. The second-order valence-electron chi connectivity index (χ2n) is 4.10. The van der Waals surface area contributed by atoms with Crippen LogP contribution in [0.3, 0.4) is 0 Å². The van der Waals surface area contributed by atoms with Crippen molar-refractivity contribution in [3.63, 3.8) is 0 Å². The maximum Gasteiger partial charge on any atom is 0.417 e. The van der Waals surface area contributed by atoms with Gasteiger partial charge in [0.25, 0.3) is 0 Å². The first-order valence-electron chi connectivity index (χ1n) is 5.76. The highest BCUT2D eigenvalue weighted by Crippen LogP contribution is 2.39. The minimum atomic E-state index is -4.52. The number of benzene rings is 1. The molecule has 1 aromatic carbocycles. The highest BCUT2D eigenvalue weighted by molar-refractivity contribution is 5.71. The molecule has 0 spiro atoms. The summed E-state index contributed by atoms with van der Waals surface area (Å²) in [5.41, 5.74) is -0.212. The molecule has 0 unspecified atom stereocenters. The van der Waals surface area contributed by atoms with Gasteiger partial charge >= 0.3 is 6.18 Å². The monoisotopic (exact) mass is 283 g/mol. The van der Waals surface area contributed by atoms with Crippen molar-refractivity contribution >= 4 is 0 Å². The Morgan fingerprint density at radius 1 is 1.20 bits per heavy atom. The molecule has 1 N–H and O–H groups in total.